The average molecular weight is 459 g/mol. The first-order valence-corrected chi connectivity index (χ1v) is 12.7. The van der Waals surface area contributed by atoms with Crippen LogP contribution < -0.4 is 9.46 Å². The number of hydrogen-bond donors (Lipinski definition) is 1. The SMILES string of the molecule is COc1ccc(S(=O)(=O)N[C@@H](C)c2cc(C)c(C)cc2C)cc1C(=O)N1CCCCCC1. The molecule has 0 radical (unpaired) electrons. The van der Waals surface area contributed by atoms with Gasteiger partial charge in [0, 0.05) is 19.1 Å². The zero-order chi connectivity index (χ0) is 23.5. The second-order valence-electron chi connectivity index (χ2n) is 8.70. The van der Waals surface area contributed by atoms with Crippen molar-refractivity contribution >= 4 is 15.9 Å². The Morgan fingerprint density at radius 1 is 0.969 bits per heavy atom. The van der Waals surface area contributed by atoms with Gasteiger partial charge in [-0.1, -0.05) is 25.0 Å². The number of nitrogens with one attached hydrogen (secondary N) is 1. The van der Waals surface area contributed by atoms with Crippen LogP contribution in [0.1, 0.15) is 71.3 Å². The van der Waals surface area contributed by atoms with E-state index in [0.717, 1.165) is 42.4 Å². The molecule has 1 fully saturated rings. The fraction of sp³-hybridized carbons (Fsp3) is 0.480. The van der Waals surface area contributed by atoms with Gasteiger partial charge in [-0.3, -0.25) is 4.79 Å². The molecule has 0 aliphatic carbocycles. The van der Waals surface area contributed by atoms with Crippen molar-refractivity contribution < 1.29 is 17.9 Å². The number of rotatable bonds is 6. The van der Waals surface area contributed by atoms with Crippen molar-refractivity contribution in [3.8, 4) is 5.75 Å². The van der Waals surface area contributed by atoms with Gasteiger partial charge >= 0.3 is 0 Å². The number of nitrogens with zero attached hydrogens (tertiary/aromatic N) is 1. The molecule has 0 spiro atoms. The van der Waals surface area contributed by atoms with Gasteiger partial charge in [0.1, 0.15) is 5.75 Å². The van der Waals surface area contributed by atoms with Crippen LogP contribution in [-0.4, -0.2) is 39.4 Å². The Morgan fingerprint density at radius 2 is 1.59 bits per heavy atom. The van der Waals surface area contributed by atoms with Gasteiger partial charge < -0.3 is 9.64 Å². The van der Waals surface area contributed by atoms with Gasteiger partial charge in [-0.05, 0) is 81.0 Å². The van der Waals surface area contributed by atoms with Crippen LogP contribution in [0.25, 0.3) is 0 Å². The van der Waals surface area contributed by atoms with E-state index < -0.39 is 16.1 Å². The van der Waals surface area contributed by atoms with Crippen LogP contribution in [0.4, 0.5) is 0 Å². The highest BCUT2D eigenvalue weighted by Crippen LogP contribution is 2.27. The zero-order valence-electron chi connectivity index (χ0n) is 19.7. The van der Waals surface area contributed by atoms with Crippen LogP contribution in [0, 0.1) is 20.8 Å². The first kappa shape index (κ1) is 24.3. The summed E-state index contributed by atoms with van der Waals surface area (Å²) in [5, 5.41) is 0. The fourth-order valence-electron chi connectivity index (χ4n) is 4.28. The van der Waals surface area contributed by atoms with Gasteiger partial charge in [-0.15, -0.1) is 0 Å². The maximum Gasteiger partial charge on any atom is 0.257 e. The molecule has 6 nitrogen and oxygen atoms in total. The third-order valence-electron chi connectivity index (χ3n) is 6.29. The average Bonchev–Trinajstić information content (AvgIpc) is 3.04. The van der Waals surface area contributed by atoms with Crippen molar-refractivity contribution in [2.24, 2.45) is 0 Å². The first-order chi connectivity index (χ1) is 15.1. The lowest BCUT2D eigenvalue weighted by atomic mass is 9.97. The van der Waals surface area contributed by atoms with Crippen LogP contribution in [0.5, 0.6) is 5.75 Å². The molecule has 1 saturated heterocycles. The minimum atomic E-state index is -3.84. The van der Waals surface area contributed by atoms with Crippen molar-refractivity contribution in [3.63, 3.8) is 0 Å². The van der Waals surface area contributed by atoms with E-state index in [1.54, 1.807) is 11.0 Å². The molecule has 0 unspecified atom stereocenters. The summed E-state index contributed by atoms with van der Waals surface area (Å²) in [7, 11) is -2.35. The Morgan fingerprint density at radius 3 is 2.22 bits per heavy atom. The van der Waals surface area contributed by atoms with Crippen molar-refractivity contribution in [2.75, 3.05) is 20.2 Å². The standard InChI is InChI=1S/C25H34N2O4S/c1-17-14-19(3)22(15-18(17)2)20(4)26-32(29,30)21-10-11-24(31-5)23(16-21)25(28)27-12-8-6-7-9-13-27/h10-11,14-16,20,26H,6-9,12-13H2,1-5H3/t20-/m0/s1. The predicted molar refractivity (Wildman–Crippen MR) is 127 cm³/mol. The molecule has 0 aromatic heterocycles. The summed E-state index contributed by atoms with van der Waals surface area (Å²) < 4.78 is 34.6. The van der Waals surface area contributed by atoms with Crippen LogP contribution in [0.2, 0.25) is 0 Å². The molecule has 1 N–H and O–H groups in total. The summed E-state index contributed by atoms with van der Waals surface area (Å²) >= 11 is 0. The molecule has 1 heterocycles. The molecule has 0 saturated carbocycles. The summed E-state index contributed by atoms with van der Waals surface area (Å²) in [5.74, 6) is 0.204. The Bertz CT molecular complexity index is 1090. The smallest absolute Gasteiger partial charge is 0.257 e. The number of ether oxygens (including phenoxy) is 1. The largest absolute Gasteiger partial charge is 0.496 e. The highest BCUT2D eigenvalue weighted by molar-refractivity contribution is 7.89. The molecule has 1 aliphatic heterocycles. The lowest BCUT2D eigenvalue weighted by Crippen LogP contribution is -2.32. The molecule has 1 amide bonds. The van der Waals surface area contributed by atoms with Crippen molar-refractivity contribution in [3.05, 3.63) is 58.1 Å². The van der Waals surface area contributed by atoms with E-state index in [4.69, 9.17) is 4.74 Å². The maximum atomic E-state index is 13.2. The number of hydrogen-bond acceptors (Lipinski definition) is 4. The van der Waals surface area contributed by atoms with Crippen molar-refractivity contribution in [1.82, 2.24) is 9.62 Å². The van der Waals surface area contributed by atoms with Gasteiger partial charge in [-0.2, -0.15) is 0 Å². The summed E-state index contributed by atoms with van der Waals surface area (Å²) in [6.45, 7) is 9.24. The van der Waals surface area contributed by atoms with Crippen LogP contribution >= 0.6 is 0 Å². The number of aryl methyl sites for hydroxylation is 3. The van der Waals surface area contributed by atoms with Crippen molar-refractivity contribution in [1.29, 1.82) is 0 Å². The number of sulfonamides is 1. The Kier molecular flexibility index (Phi) is 7.62. The summed E-state index contributed by atoms with van der Waals surface area (Å²) in [4.78, 5) is 15.1. The lowest BCUT2D eigenvalue weighted by Gasteiger charge is -2.22. The number of likely N-dealkylation sites (tertiary alicyclic amines) is 1. The Hall–Kier alpha value is -2.38. The van der Waals surface area contributed by atoms with E-state index >= 15 is 0 Å². The van der Waals surface area contributed by atoms with Gasteiger partial charge in [0.15, 0.2) is 0 Å². The lowest BCUT2D eigenvalue weighted by molar-refractivity contribution is 0.0758. The van der Waals surface area contributed by atoms with E-state index in [-0.39, 0.29) is 16.4 Å². The van der Waals surface area contributed by atoms with Gasteiger partial charge in [0.05, 0.1) is 17.6 Å². The first-order valence-electron chi connectivity index (χ1n) is 11.2. The maximum absolute atomic E-state index is 13.2. The second-order valence-corrected chi connectivity index (χ2v) is 10.4. The summed E-state index contributed by atoms with van der Waals surface area (Å²) in [6, 6.07) is 8.17. The molecule has 32 heavy (non-hydrogen) atoms. The molecule has 3 rings (SSSR count). The molecule has 2 aromatic carbocycles. The van der Waals surface area contributed by atoms with E-state index in [1.165, 1.54) is 24.8 Å². The van der Waals surface area contributed by atoms with Crippen LogP contribution in [-0.2, 0) is 10.0 Å². The monoisotopic (exact) mass is 458 g/mol. The van der Waals surface area contributed by atoms with Gasteiger partial charge in [-0.25, -0.2) is 13.1 Å². The molecule has 1 aliphatic rings. The highest BCUT2D eigenvalue weighted by Gasteiger charge is 2.25. The predicted octanol–water partition coefficient (Wildman–Crippen LogP) is 4.68. The quantitative estimate of drug-likeness (QED) is 0.682. The fourth-order valence-corrected chi connectivity index (χ4v) is 5.53. The highest BCUT2D eigenvalue weighted by atomic mass is 32.2. The van der Waals surface area contributed by atoms with E-state index in [9.17, 15) is 13.2 Å². The number of carbonyl (C=O) groups excluding carboxylic acids is 1. The van der Waals surface area contributed by atoms with Gasteiger partial charge in [0.2, 0.25) is 10.0 Å². The number of methoxy groups -OCH3 is 1. The Labute approximate surface area is 192 Å². The molecule has 174 valence electrons. The number of benzene rings is 2. The topological polar surface area (TPSA) is 75.7 Å². The van der Waals surface area contributed by atoms with E-state index in [1.807, 2.05) is 33.8 Å². The Balaban J connectivity index is 1.90. The van der Waals surface area contributed by atoms with Crippen LogP contribution in [0.3, 0.4) is 0 Å². The molecular formula is C25H34N2O4S. The van der Waals surface area contributed by atoms with E-state index in [2.05, 4.69) is 10.8 Å². The normalized spacial score (nSPS) is 15.8. The van der Waals surface area contributed by atoms with Crippen LogP contribution in [0.15, 0.2) is 35.2 Å². The third kappa shape index (κ3) is 5.33. The minimum Gasteiger partial charge on any atom is -0.496 e. The number of carbonyl (C=O) groups is 1. The molecule has 7 heteroatoms. The van der Waals surface area contributed by atoms with Gasteiger partial charge in [0.25, 0.3) is 5.91 Å². The summed E-state index contributed by atoms with van der Waals surface area (Å²) in [5.41, 5.74) is 4.55. The third-order valence-corrected chi connectivity index (χ3v) is 7.82. The van der Waals surface area contributed by atoms with Crippen molar-refractivity contribution in [2.45, 2.75) is 64.3 Å². The molecule has 0 bridgehead atoms. The molecule has 2 aromatic rings. The number of amides is 1. The minimum absolute atomic E-state index is 0.0600. The molecule has 1 atom stereocenters. The van der Waals surface area contributed by atoms with E-state index in [0.29, 0.717) is 18.8 Å². The second kappa shape index (κ2) is 10.0. The zero-order valence-corrected chi connectivity index (χ0v) is 20.5. The molecular weight excluding hydrogens is 424 g/mol. The summed E-state index contributed by atoms with van der Waals surface area (Å²) in [6.07, 6.45) is 4.13.